The fraction of sp³-hybridized carbons (Fsp3) is 0.263. The molecule has 4 rings (SSSR count). The largest absolute Gasteiger partial charge is 0.455 e. The Hall–Kier alpha value is -2.97. The van der Waals surface area contributed by atoms with Crippen LogP contribution < -0.4 is 10.3 Å². The van der Waals surface area contributed by atoms with E-state index in [9.17, 15) is 0 Å². The maximum Gasteiger partial charge on any atom is 0.248 e. The van der Waals surface area contributed by atoms with Crippen LogP contribution in [0.15, 0.2) is 45.9 Å². The molecule has 3 heterocycles. The number of aromatic nitrogens is 3. The van der Waals surface area contributed by atoms with Crippen molar-refractivity contribution in [1.29, 1.82) is 0 Å². The van der Waals surface area contributed by atoms with Crippen molar-refractivity contribution in [2.24, 2.45) is 5.10 Å². The van der Waals surface area contributed by atoms with Crippen molar-refractivity contribution in [1.82, 2.24) is 15.0 Å². The van der Waals surface area contributed by atoms with Crippen LogP contribution in [0.1, 0.15) is 11.6 Å². The molecule has 0 unspecified atom stereocenters. The van der Waals surface area contributed by atoms with Gasteiger partial charge in [-0.05, 0) is 31.2 Å². The molecule has 144 valence electrons. The normalized spacial score (nSPS) is 14.6. The Morgan fingerprint density at radius 1 is 1.11 bits per heavy atom. The zero-order chi connectivity index (χ0) is 19.3. The van der Waals surface area contributed by atoms with Gasteiger partial charge in [0, 0.05) is 18.7 Å². The summed E-state index contributed by atoms with van der Waals surface area (Å²) in [5, 5.41) is 4.80. The smallest absolute Gasteiger partial charge is 0.248 e. The van der Waals surface area contributed by atoms with Crippen molar-refractivity contribution in [2.75, 3.05) is 36.6 Å². The molecule has 0 bridgehead atoms. The second-order valence-corrected chi connectivity index (χ2v) is 6.56. The summed E-state index contributed by atoms with van der Waals surface area (Å²) in [6.45, 7) is 4.66. The summed E-state index contributed by atoms with van der Waals surface area (Å²) in [4.78, 5) is 15.2. The van der Waals surface area contributed by atoms with Gasteiger partial charge in [0.1, 0.15) is 17.3 Å². The highest BCUT2D eigenvalue weighted by Crippen LogP contribution is 2.28. The summed E-state index contributed by atoms with van der Waals surface area (Å²) in [6, 6.07) is 11.2. The van der Waals surface area contributed by atoms with Gasteiger partial charge in [-0.15, -0.1) is 0 Å². The van der Waals surface area contributed by atoms with Crippen molar-refractivity contribution in [3.8, 4) is 11.3 Å². The number of anilines is 2. The summed E-state index contributed by atoms with van der Waals surface area (Å²) in [6.07, 6.45) is 1.56. The molecule has 0 atom stereocenters. The summed E-state index contributed by atoms with van der Waals surface area (Å²) in [5.74, 6) is 2.88. The number of rotatable bonds is 5. The van der Waals surface area contributed by atoms with Crippen LogP contribution in [0.2, 0.25) is 5.02 Å². The van der Waals surface area contributed by atoms with E-state index >= 15 is 0 Å². The van der Waals surface area contributed by atoms with Crippen LogP contribution in [0, 0.1) is 6.92 Å². The molecule has 2 aromatic heterocycles. The minimum atomic E-state index is 0.378. The second-order valence-electron chi connectivity index (χ2n) is 6.16. The number of morpholine rings is 1. The van der Waals surface area contributed by atoms with Crippen LogP contribution in [0.3, 0.4) is 0 Å². The first kappa shape index (κ1) is 18.4. The molecule has 1 aliphatic rings. The molecule has 1 aliphatic heterocycles. The van der Waals surface area contributed by atoms with Crippen LogP contribution in [-0.4, -0.2) is 47.5 Å². The lowest BCUT2D eigenvalue weighted by molar-refractivity contribution is 0.122. The Morgan fingerprint density at radius 3 is 2.75 bits per heavy atom. The number of aryl methyl sites for hydroxylation is 1. The minimum Gasteiger partial charge on any atom is -0.455 e. The molecule has 0 saturated carbocycles. The summed E-state index contributed by atoms with van der Waals surface area (Å²) in [5.41, 5.74) is 3.67. The monoisotopic (exact) mass is 398 g/mol. The molecule has 0 radical (unpaired) electrons. The van der Waals surface area contributed by atoms with E-state index in [0.717, 1.165) is 18.7 Å². The average Bonchev–Trinajstić information content (AvgIpc) is 3.17. The maximum atomic E-state index is 6.21. The maximum absolute atomic E-state index is 6.21. The number of nitrogens with zero attached hydrogens (tertiary/aromatic N) is 5. The number of hydrogen-bond donors (Lipinski definition) is 1. The van der Waals surface area contributed by atoms with Gasteiger partial charge in [-0.3, -0.25) is 0 Å². The first-order chi connectivity index (χ1) is 13.7. The van der Waals surface area contributed by atoms with Crippen LogP contribution >= 0.6 is 11.6 Å². The van der Waals surface area contributed by atoms with Gasteiger partial charge < -0.3 is 14.1 Å². The molecule has 3 aromatic rings. The zero-order valence-electron chi connectivity index (χ0n) is 15.3. The number of benzene rings is 1. The number of nitrogens with one attached hydrogen (secondary N) is 1. The van der Waals surface area contributed by atoms with Crippen molar-refractivity contribution in [3.63, 3.8) is 0 Å². The molecular weight excluding hydrogens is 380 g/mol. The van der Waals surface area contributed by atoms with E-state index in [1.807, 2.05) is 43.3 Å². The topological polar surface area (TPSA) is 88.7 Å². The van der Waals surface area contributed by atoms with Gasteiger partial charge in [0.05, 0.1) is 24.5 Å². The quantitative estimate of drug-likeness (QED) is 0.520. The van der Waals surface area contributed by atoms with Crippen LogP contribution in [0.25, 0.3) is 11.3 Å². The Bertz CT molecular complexity index is 984. The van der Waals surface area contributed by atoms with Crippen LogP contribution in [0.5, 0.6) is 0 Å². The number of hydrazone groups is 1. The van der Waals surface area contributed by atoms with E-state index < -0.39 is 0 Å². The van der Waals surface area contributed by atoms with Crippen LogP contribution in [-0.2, 0) is 4.74 Å². The molecule has 0 aliphatic carbocycles. The van der Waals surface area contributed by atoms with Gasteiger partial charge in [0.15, 0.2) is 0 Å². The fourth-order valence-corrected chi connectivity index (χ4v) is 3.03. The van der Waals surface area contributed by atoms with Crippen LogP contribution in [0.4, 0.5) is 11.9 Å². The molecule has 9 heteroatoms. The minimum absolute atomic E-state index is 0.378. The van der Waals surface area contributed by atoms with E-state index in [-0.39, 0.29) is 0 Å². The summed E-state index contributed by atoms with van der Waals surface area (Å²) in [7, 11) is 0. The van der Waals surface area contributed by atoms with Gasteiger partial charge in [-0.25, -0.2) is 5.43 Å². The first-order valence-electron chi connectivity index (χ1n) is 8.88. The molecule has 0 spiro atoms. The zero-order valence-corrected chi connectivity index (χ0v) is 16.1. The summed E-state index contributed by atoms with van der Waals surface area (Å²) >= 11 is 6.21. The standard InChI is InChI=1S/C19H19ClN6O2/c1-13-22-18(24-19(23-13)26-8-10-27-11-9-26)25-21-12-14-6-7-17(28-14)15-4-2-3-5-16(15)20/h2-7,12H,8-11H2,1H3,(H,22,23,24,25)/b21-12+. The van der Waals surface area contributed by atoms with Crippen molar-refractivity contribution in [2.45, 2.75) is 6.92 Å². The first-order valence-corrected chi connectivity index (χ1v) is 9.26. The van der Waals surface area contributed by atoms with Gasteiger partial charge in [-0.2, -0.15) is 20.1 Å². The highest BCUT2D eigenvalue weighted by Gasteiger charge is 2.15. The van der Waals surface area contributed by atoms with Crippen molar-refractivity contribution < 1.29 is 9.15 Å². The van der Waals surface area contributed by atoms with Gasteiger partial charge in [0.25, 0.3) is 0 Å². The van der Waals surface area contributed by atoms with Crippen molar-refractivity contribution >= 4 is 29.7 Å². The molecule has 0 amide bonds. The van der Waals surface area contributed by atoms with Gasteiger partial charge in [-0.1, -0.05) is 23.7 Å². The lowest BCUT2D eigenvalue weighted by Crippen LogP contribution is -2.37. The highest BCUT2D eigenvalue weighted by molar-refractivity contribution is 6.33. The van der Waals surface area contributed by atoms with Gasteiger partial charge >= 0.3 is 0 Å². The SMILES string of the molecule is Cc1nc(N/N=C/c2ccc(-c3ccccc3Cl)o2)nc(N2CCOCC2)n1. The Kier molecular flexibility index (Phi) is 5.50. The van der Waals surface area contributed by atoms with E-state index in [1.165, 1.54) is 0 Å². The van der Waals surface area contributed by atoms with Gasteiger partial charge in [0.2, 0.25) is 11.9 Å². The predicted octanol–water partition coefficient (Wildman–Crippen LogP) is 3.38. The molecule has 1 aromatic carbocycles. The molecule has 28 heavy (non-hydrogen) atoms. The molecule has 1 fully saturated rings. The second kappa shape index (κ2) is 8.37. The molecule has 8 nitrogen and oxygen atoms in total. The lowest BCUT2D eigenvalue weighted by Gasteiger charge is -2.26. The molecule has 1 N–H and O–H groups in total. The number of furan rings is 1. The van der Waals surface area contributed by atoms with E-state index in [4.69, 9.17) is 20.8 Å². The average molecular weight is 399 g/mol. The molecular formula is C19H19ClN6O2. The number of halogens is 1. The number of hydrogen-bond acceptors (Lipinski definition) is 8. The van der Waals surface area contributed by atoms with Crippen molar-refractivity contribution in [3.05, 3.63) is 53.0 Å². The van der Waals surface area contributed by atoms with E-state index in [0.29, 0.717) is 47.5 Å². The fourth-order valence-electron chi connectivity index (χ4n) is 2.80. The molecule has 1 saturated heterocycles. The highest BCUT2D eigenvalue weighted by atomic mass is 35.5. The van der Waals surface area contributed by atoms with E-state index in [2.05, 4.69) is 30.4 Å². The third kappa shape index (κ3) is 4.29. The summed E-state index contributed by atoms with van der Waals surface area (Å²) < 4.78 is 11.1. The Labute approximate surface area is 167 Å². The third-order valence-electron chi connectivity index (χ3n) is 4.15. The Morgan fingerprint density at radius 2 is 1.93 bits per heavy atom. The predicted molar refractivity (Wildman–Crippen MR) is 108 cm³/mol. The lowest BCUT2D eigenvalue weighted by atomic mass is 10.2. The third-order valence-corrected chi connectivity index (χ3v) is 4.48. The van der Waals surface area contributed by atoms with E-state index in [1.54, 1.807) is 6.21 Å². The number of ether oxygens (including phenoxy) is 1. The Balaban J connectivity index is 1.45.